The molecular formula is C21H26Cl2N6O6S2. The van der Waals surface area contributed by atoms with Gasteiger partial charge in [0.15, 0.2) is 15.8 Å². The van der Waals surface area contributed by atoms with Crippen LogP contribution >= 0.6 is 24.8 Å². The number of sulfone groups is 1. The lowest BCUT2D eigenvalue weighted by Crippen LogP contribution is -2.35. The van der Waals surface area contributed by atoms with Crippen LogP contribution in [0.25, 0.3) is 0 Å². The topological polar surface area (TPSA) is 200 Å². The Bertz CT molecular complexity index is 1480. The van der Waals surface area contributed by atoms with E-state index >= 15 is 0 Å². The van der Waals surface area contributed by atoms with E-state index in [1.807, 2.05) is 10.8 Å². The van der Waals surface area contributed by atoms with Gasteiger partial charge in [-0.05, 0) is 48.7 Å². The highest BCUT2D eigenvalue weighted by molar-refractivity contribution is 7.90. The number of amides is 1. The van der Waals surface area contributed by atoms with Gasteiger partial charge < -0.3 is 15.0 Å². The summed E-state index contributed by atoms with van der Waals surface area (Å²) in [6.45, 7) is 0.685. The first-order valence-corrected chi connectivity index (χ1v) is 13.6. The van der Waals surface area contributed by atoms with Crippen LogP contribution in [0.2, 0.25) is 0 Å². The highest BCUT2D eigenvalue weighted by Gasteiger charge is 2.22. The lowest BCUT2D eigenvalue weighted by atomic mass is 10.1. The molecule has 2 aromatic carbocycles. The maximum atomic E-state index is 12.4. The second kappa shape index (κ2) is 12.9. The van der Waals surface area contributed by atoms with Crippen molar-refractivity contribution in [3.63, 3.8) is 0 Å². The lowest BCUT2D eigenvalue weighted by Gasteiger charge is -2.15. The number of carbonyl (C=O) groups is 1. The van der Waals surface area contributed by atoms with Gasteiger partial charge in [-0.1, -0.05) is 6.07 Å². The van der Waals surface area contributed by atoms with Crippen molar-refractivity contribution < 1.29 is 26.4 Å². The minimum atomic E-state index is -4.22. The number of nitrogens with one attached hydrogen (secondary N) is 2. The fraction of sp³-hybridized carbons (Fsp3) is 0.190. The Kier molecular flexibility index (Phi) is 11.1. The molecule has 0 spiro atoms. The van der Waals surface area contributed by atoms with Crippen LogP contribution in [-0.2, 0) is 32.8 Å². The predicted molar refractivity (Wildman–Crippen MR) is 142 cm³/mol. The molecule has 0 radical (unpaired) electrons. The molecule has 1 amide bonds. The average molecular weight is 594 g/mol. The number of hydrogen-bond acceptors (Lipinski definition) is 8. The molecule has 0 atom stereocenters. The summed E-state index contributed by atoms with van der Waals surface area (Å²) in [5.41, 5.74) is 5.75. The summed E-state index contributed by atoms with van der Waals surface area (Å²) < 4.78 is 56.8. The molecule has 0 aliphatic heterocycles. The van der Waals surface area contributed by atoms with Gasteiger partial charge in [0.05, 0.1) is 6.33 Å². The SMILES string of the molecule is CS(=O)(=O)c1cc(C(=O)NC(=N)N)ccc1Oc1ccc(CCCn2ccnc2)cc1S(N)(=O)=O.Cl.Cl. The predicted octanol–water partition coefficient (Wildman–Crippen LogP) is 1.83. The number of rotatable bonds is 9. The largest absolute Gasteiger partial charge is 0.455 e. The van der Waals surface area contributed by atoms with E-state index in [1.165, 1.54) is 24.3 Å². The van der Waals surface area contributed by atoms with Gasteiger partial charge in [0, 0.05) is 30.8 Å². The summed E-state index contributed by atoms with van der Waals surface area (Å²) in [4.78, 5) is 15.4. The molecule has 0 saturated heterocycles. The number of carbonyl (C=O) groups excluding carboxylic acids is 1. The number of sulfonamides is 1. The van der Waals surface area contributed by atoms with E-state index in [2.05, 4.69) is 10.3 Å². The van der Waals surface area contributed by atoms with Crippen molar-refractivity contribution in [2.24, 2.45) is 10.9 Å². The summed E-state index contributed by atoms with van der Waals surface area (Å²) in [6, 6.07) is 7.94. The standard InChI is InChI=1S/C21H24N6O6S2.2ClH/c1-34(29,30)18-12-15(20(28)26-21(22)23)5-7-16(18)33-17-6-4-14(11-19(17)35(24,31)32)3-2-9-27-10-8-25-13-27;;/h4-8,10-13H,2-3,9H2,1H3,(H2,24,31,32)(H4,22,23,26,28);2*1H. The zero-order chi connectivity index (χ0) is 25.8. The first kappa shape index (κ1) is 31.9. The third-order valence-electron chi connectivity index (χ3n) is 4.83. The number of aryl methyl sites for hydroxylation is 2. The Labute approximate surface area is 226 Å². The molecular weight excluding hydrogens is 567 g/mol. The Morgan fingerprint density at radius 1 is 1.08 bits per heavy atom. The van der Waals surface area contributed by atoms with Crippen molar-refractivity contribution in [2.45, 2.75) is 29.2 Å². The number of imidazole rings is 1. The summed E-state index contributed by atoms with van der Waals surface area (Å²) in [5, 5.41) is 14.6. The van der Waals surface area contributed by atoms with Crippen molar-refractivity contribution in [1.82, 2.24) is 14.9 Å². The van der Waals surface area contributed by atoms with E-state index in [0.717, 1.165) is 12.3 Å². The van der Waals surface area contributed by atoms with E-state index in [-0.39, 0.29) is 51.7 Å². The molecule has 6 N–H and O–H groups in total. The fourth-order valence-corrected chi connectivity index (χ4v) is 4.76. The molecule has 12 nitrogen and oxygen atoms in total. The monoisotopic (exact) mass is 592 g/mol. The molecule has 3 aromatic rings. The Hall–Kier alpha value is -3.17. The Balaban J connectivity index is 0.00000342. The normalized spacial score (nSPS) is 11.1. The molecule has 0 bridgehead atoms. The van der Waals surface area contributed by atoms with Crippen LogP contribution in [0.4, 0.5) is 0 Å². The van der Waals surface area contributed by atoms with Crippen LogP contribution in [0.15, 0.2) is 64.9 Å². The van der Waals surface area contributed by atoms with Gasteiger partial charge in [0.1, 0.15) is 21.3 Å². The van der Waals surface area contributed by atoms with Gasteiger partial charge in [0.25, 0.3) is 5.91 Å². The summed E-state index contributed by atoms with van der Waals surface area (Å²) >= 11 is 0. The lowest BCUT2D eigenvalue weighted by molar-refractivity contribution is 0.0976. The van der Waals surface area contributed by atoms with E-state index in [0.29, 0.717) is 24.9 Å². The van der Waals surface area contributed by atoms with Crippen molar-refractivity contribution in [1.29, 1.82) is 5.41 Å². The summed E-state index contributed by atoms with van der Waals surface area (Å²) in [7, 11) is -8.13. The molecule has 37 heavy (non-hydrogen) atoms. The van der Waals surface area contributed by atoms with Crippen molar-refractivity contribution in [3.05, 3.63) is 66.2 Å². The molecule has 0 aliphatic carbocycles. The van der Waals surface area contributed by atoms with E-state index in [4.69, 9.17) is 21.0 Å². The minimum absolute atomic E-state index is 0. The third-order valence-corrected chi connectivity index (χ3v) is 6.88. The number of nitrogens with two attached hydrogens (primary N) is 2. The van der Waals surface area contributed by atoms with Gasteiger partial charge in [-0.2, -0.15) is 0 Å². The van der Waals surface area contributed by atoms with Crippen LogP contribution in [-0.4, -0.2) is 44.5 Å². The van der Waals surface area contributed by atoms with Gasteiger partial charge in [0.2, 0.25) is 10.0 Å². The van der Waals surface area contributed by atoms with Crippen LogP contribution in [0.5, 0.6) is 11.5 Å². The number of hydrogen-bond donors (Lipinski definition) is 4. The zero-order valence-corrected chi connectivity index (χ0v) is 22.7. The number of nitrogens with zero attached hydrogens (tertiary/aromatic N) is 2. The molecule has 0 aliphatic rings. The number of guanidine groups is 1. The Morgan fingerprint density at radius 3 is 2.30 bits per heavy atom. The quantitative estimate of drug-likeness (QED) is 0.213. The number of ether oxygens (including phenoxy) is 1. The molecule has 0 saturated carbocycles. The van der Waals surface area contributed by atoms with Gasteiger partial charge in [-0.25, -0.2) is 27.0 Å². The van der Waals surface area contributed by atoms with Gasteiger partial charge in [-0.15, -0.1) is 24.8 Å². The second-order valence-electron chi connectivity index (χ2n) is 7.63. The van der Waals surface area contributed by atoms with Gasteiger partial charge in [-0.3, -0.25) is 15.5 Å². The van der Waals surface area contributed by atoms with E-state index in [1.54, 1.807) is 18.6 Å². The second-order valence-corrected chi connectivity index (χ2v) is 11.1. The van der Waals surface area contributed by atoms with E-state index in [9.17, 15) is 21.6 Å². The summed E-state index contributed by atoms with van der Waals surface area (Å²) in [6.07, 6.45) is 7.34. The highest BCUT2D eigenvalue weighted by atomic mass is 35.5. The molecule has 202 valence electrons. The first-order chi connectivity index (χ1) is 16.3. The summed E-state index contributed by atoms with van der Waals surface area (Å²) in [5.74, 6) is -1.78. The maximum Gasteiger partial charge on any atom is 0.257 e. The van der Waals surface area contributed by atoms with Crippen LogP contribution in [0.1, 0.15) is 22.3 Å². The van der Waals surface area contributed by atoms with Crippen molar-refractivity contribution in [3.8, 4) is 11.5 Å². The number of halogens is 2. The number of primary sulfonamides is 1. The molecule has 0 fully saturated rings. The maximum absolute atomic E-state index is 12.4. The van der Waals surface area contributed by atoms with Crippen LogP contribution < -0.4 is 20.9 Å². The number of aromatic nitrogens is 2. The zero-order valence-electron chi connectivity index (χ0n) is 19.4. The first-order valence-electron chi connectivity index (χ1n) is 10.1. The van der Waals surface area contributed by atoms with Crippen molar-refractivity contribution in [2.75, 3.05) is 6.26 Å². The van der Waals surface area contributed by atoms with Crippen LogP contribution in [0.3, 0.4) is 0 Å². The van der Waals surface area contributed by atoms with Gasteiger partial charge >= 0.3 is 0 Å². The van der Waals surface area contributed by atoms with Crippen LogP contribution in [0, 0.1) is 5.41 Å². The molecule has 16 heteroatoms. The van der Waals surface area contributed by atoms with E-state index < -0.39 is 31.7 Å². The van der Waals surface area contributed by atoms with Crippen molar-refractivity contribution >= 4 is 56.5 Å². The fourth-order valence-electron chi connectivity index (χ4n) is 3.24. The smallest absolute Gasteiger partial charge is 0.257 e. The average Bonchev–Trinajstić information content (AvgIpc) is 3.26. The molecule has 0 unspecified atom stereocenters. The molecule has 1 heterocycles. The third kappa shape index (κ3) is 8.72. The number of benzene rings is 2. The highest BCUT2D eigenvalue weighted by Crippen LogP contribution is 2.34. The molecule has 1 aromatic heterocycles. The molecule has 3 rings (SSSR count). The minimum Gasteiger partial charge on any atom is -0.455 e. The Morgan fingerprint density at radius 2 is 1.73 bits per heavy atom.